The Kier molecular flexibility index (Phi) is 6.53. The molecule has 10 aromatic rings. The van der Waals surface area contributed by atoms with E-state index in [4.69, 9.17) is 8.83 Å². The average Bonchev–Trinajstić information content (AvgIpc) is 3.74. The van der Waals surface area contributed by atoms with Gasteiger partial charge in [0.2, 0.25) is 0 Å². The van der Waals surface area contributed by atoms with Crippen LogP contribution in [0.3, 0.4) is 0 Å². The number of fused-ring (bicyclic) bond motifs is 6. The van der Waals surface area contributed by atoms with Crippen LogP contribution in [0.15, 0.2) is 191 Å². The smallest absolute Gasteiger partial charge is 0.139 e. The highest BCUT2D eigenvalue weighted by Gasteiger charge is 2.15. The Morgan fingerprint density at radius 1 is 0.200 bits per heavy atom. The van der Waals surface area contributed by atoms with E-state index in [1.807, 2.05) is 12.1 Å². The van der Waals surface area contributed by atoms with Crippen LogP contribution in [-0.4, -0.2) is 0 Å². The first kappa shape index (κ1) is 28.4. The van der Waals surface area contributed by atoms with E-state index in [0.717, 1.165) is 55.0 Å². The second-order valence-corrected chi connectivity index (χ2v) is 12.9. The van der Waals surface area contributed by atoms with E-state index in [-0.39, 0.29) is 0 Å². The molecule has 2 heteroatoms. The van der Waals surface area contributed by atoms with Crippen LogP contribution in [0.25, 0.3) is 99.5 Å². The van der Waals surface area contributed by atoms with E-state index >= 15 is 0 Å². The van der Waals surface area contributed by atoms with Crippen molar-refractivity contribution in [3.8, 4) is 55.6 Å². The summed E-state index contributed by atoms with van der Waals surface area (Å²) < 4.78 is 12.6. The summed E-state index contributed by atoms with van der Waals surface area (Å²) >= 11 is 0. The fourth-order valence-electron chi connectivity index (χ4n) is 7.28. The van der Waals surface area contributed by atoms with Crippen LogP contribution in [0.1, 0.15) is 0 Å². The summed E-state index contributed by atoms with van der Waals surface area (Å²) in [5, 5.41) is 4.39. The Morgan fingerprint density at radius 3 is 0.940 bits per heavy atom. The van der Waals surface area contributed by atoms with Crippen molar-refractivity contribution in [2.24, 2.45) is 0 Å². The van der Waals surface area contributed by atoms with Crippen LogP contribution in [0, 0.1) is 0 Å². The van der Waals surface area contributed by atoms with Gasteiger partial charge in [0.15, 0.2) is 0 Å². The molecule has 0 aliphatic rings. The average molecular weight is 639 g/mol. The van der Waals surface area contributed by atoms with Gasteiger partial charge in [0, 0.05) is 27.6 Å². The molecule has 0 radical (unpaired) electrons. The predicted octanol–water partition coefficient (Wildman–Crippen LogP) is 13.8. The number of hydrogen-bond acceptors (Lipinski definition) is 2. The van der Waals surface area contributed by atoms with Gasteiger partial charge in [0.25, 0.3) is 0 Å². The molecule has 0 aliphatic carbocycles. The zero-order valence-electron chi connectivity index (χ0n) is 27.1. The maximum atomic E-state index is 6.35. The summed E-state index contributed by atoms with van der Waals surface area (Å²) in [6, 6.07) is 64.7. The fourth-order valence-corrected chi connectivity index (χ4v) is 7.28. The minimum atomic E-state index is 0.829. The van der Waals surface area contributed by atoms with Gasteiger partial charge in [-0.05, 0) is 104 Å². The monoisotopic (exact) mass is 638 g/mol. The Labute approximate surface area is 289 Å². The lowest BCUT2D eigenvalue weighted by molar-refractivity contribution is 0.656. The predicted molar refractivity (Wildman–Crippen MR) is 208 cm³/mol. The van der Waals surface area contributed by atoms with Gasteiger partial charge in [-0.15, -0.1) is 0 Å². The molecule has 8 aromatic carbocycles. The number of benzene rings is 8. The Hall–Kier alpha value is -6.64. The summed E-state index contributed by atoms with van der Waals surface area (Å²) in [7, 11) is 0. The molecule has 2 aromatic heterocycles. The van der Waals surface area contributed by atoms with Crippen molar-refractivity contribution in [3.63, 3.8) is 0 Å². The highest BCUT2D eigenvalue weighted by molar-refractivity contribution is 6.16. The largest absolute Gasteiger partial charge is 0.456 e. The van der Waals surface area contributed by atoms with Crippen molar-refractivity contribution in [1.82, 2.24) is 0 Å². The van der Waals surface area contributed by atoms with Crippen molar-refractivity contribution < 1.29 is 8.83 Å². The van der Waals surface area contributed by atoms with E-state index in [2.05, 4.69) is 170 Å². The molecule has 0 aliphatic heterocycles. The molecule has 50 heavy (non-hydrogen) atoms. The molecule has 0 fully saturated rings. The Morgan fingerprint density at radius 2 is 0.520 bits per heavy atom. The van der Waals surface area contributed by atoms with Gasteiger partial charge < -0.3 is 8.83 Å². The van der Waals surface area contributed by atoms with Gasteiger partial charge in [0.05, 0.1) is 0 Å². The standard InChI is InChI=1S/C48H30O2/c1-4-10-31(11-5-1)36-20-22-45-41(27-36)43-29-44-42-28-37(21-23-46(42)50-48(44)30-47(43)49-45)34-16-18-35(19-17-34)40-25-38(32-12-6-2-7-13-32)24-39(26-40)33-14-8-3-9-15-33/h1-30H. The summed E-state index contributed by atoms with van der Waals surface area (Å²) in [5.41, 5.74) is 15.3. The van der Waals surface area contributed by atoms with Crippen LogP contribution in [0.5, 0.6) is 0 Å². The second kappa shape index (κ2) is 11.5. The van der Waals surface area contributed by atoms with Crippen molar-refractivity contribution >= 4 is 43.9 Å². The highest BCUT2D eigenvalue weighted by atomic mass is 16.3. The first-order chi connectivity index (χ1) is 24.7. The fraction of sp³-hybridized carbons (Fsp3) is 0. The van der Waals surface area contributed by atoms with Gasteiger partial charge in [-0.1, -0.05) is 127 Å². The Balaban J connectivity index is 1.04. The minimum Gasteiger partial charge on any atom is -0.456 e. The zero-order valence-corrected chi connectivity index (χ0v) is 27.1. The molecule has 0 atom stereocenters. The van der Waals surface area contributed by atoms with Crippen molar-refractivity contribution in [3.05, 3.63) is 182 Å². The third-order valence-electron chi connectivity index (χ3n) is 9.87. The molecular weight excluding hydrogens is 609 g/mol. The van der Waals surface area contributed by atoms with Gasteiger partial charge >= 0.3 is 0 Å². The van der Waals surface area contributed by atoms with Crippen LogP contribution in [0.2, 0.25) is 0 Å². The van der Waals surface area contributed by atoms with Gasteiger partial charge in [0.1, 0.15) is 22.3 Å². The van der Waals surface area contributed by atoms with Crippen molar-refractivity contribution in [2.75, 3.05) is 0 Å². The quantitative estimate of drug-likeness (QED) is 0.187. The van der Waals surface area contributed by atoms with E-state index in [9.17, 15) is 0 Å². The Bertz CT molecular complexity index is 2770. The van der Waals surface area contributed by atoms with Gasteiger partial charge in [-0.3, -0.25) is 0 Å². The number of rotatable bonds is 5. The highest BCUT2D eigenvalue weighted by Crippen LogP contribution is 2.40. The maximum absolute atomic E-state index is 6.35. The molecule has 2 heterocycles. The lowest BCUT2D eigenvalue weighted by atomic mass is 9.92. The zero-order chi connectivity index (χ0) is 33.0. The third-order valence-corrected chi connectivity index (χ3v) is 9.87. The van der Waals surface area contributed by atoms with E-state index in [1.54, 1.807) is 0 Å². The first-order valence-corrected chi connectivity index (χ1v) is 17.0. The molecule has 0 N–H and O–H groups in total. The summed E-state index contributed by atoms with van der Waals surface area (Å²) in [4.78, 5) is 0. The van der Waals surface area contributed by atoms with Crippen LogP contribution >= 0.6 is 0 Å². The van der Waals surface area contributed by atoms with E-state index in [1.165, 1.54) is 44.5 Å². The molecule has 0 unspecified atom stereocenters. The molecule has 2 nitrogen and oxygen atoms in total. The third kappa shape index (κ3) is 4.89. The SMILES string of the molecule is c1ccc(-c2cc(-c3ccccc3)cc(-c3ccc(-c4ccc5oc6cc7oc8ccc(-c9ccccc9)cc8c7cc6c5c4)cc3)c2)cc1. The lowest BCUT2D eigenvalue weighted by Gasteiger charge is -2.12. The molecule has 10 rings (SSSR count). The maximum Gasteiger partial charge on any atom is 0.139 e. The van der Waals surface area contributed by atoms with E-state index < -0.39 is 0 Å². The second-order valence-electron chi connectivity index (χ2n) is 12.9. The van der Waals surface area contributed by atoms with E-state index in [0.29, 0.717) is 0 Å². The van der Waals surface area contributed by atoms with Crippen LogP contribution < -0.4 is 0 Å². The molecule has 0 saturated heterocycles. The summed E-state index contributed by atoms with van der Waals surface area (Å²) in [5.74, 6) is 0. The number of hydrogen-bond donors (Lipinski definition) is 0. The topological polar surface area (TPSA) is 26.3 Å². The summed E-state index contributed by atoms with van der Waals surface area (Å²) in [6.07, 6.45) is 0. The van der Waals surface area contributed by atoms with Crippen LogP contribution in [0.4, 0.5) is 0 Å². The summed E-state index contributed by atoms with van der Waals surface area (Å²) in [6.45, 7) is 0. The van der Waals surface area contributed by atoms with Crippen molar-refractivity contribution in [2.45, 2.75) is 0 Å². The van der Waals surface area contributed by atoms with Gasteiger partial charge in [-0.25, -0.2) is 0 Å². The molecule has 0 amide bonds. The van der Waals surface area contributed by atoms with Crippen LogP contribution in [-0.2, 0) is 0 Å². The molecular formula is C48H30O2. The molecule has 234 valence electrons. The lowest BCUT2D eigenvalue weighted by Crippen LogP contribution is -1.86. The number of furan rings is 2. The normalized spacial score (nSPS) is 11.6. The molecule has 0 bridgehead atoms. The van der Waals surface area contributed by atoms with Gasteiger partial charge in [-0.2, -0.15) is 0 Å². The molecule has 0 spiro atoms. The molecule has 0 saturated carbocycles. The first-order valence-electron chi connectivity index (χ1n) is 17.0. The van der Waals surface area contributed by atoms with Crippen molar-refractivity contribution in [1.29, 1.82) is 0 Å². The minimum absolute atomic E-state index is 0.829.